The molecule has 1 N–H and O–H groups in total. The molecule has 1 amide bonds. The Morgan fingerprint density at radius 3 is 2.62 bits per heavy atom. The molecule has 5 atom stereocenters. The molecule has 0 bridgehead atoms. The lowest BCUT2D eigenvalue weighted by Crippen LogP contribution is -2.50. The number of hydrogen-bond acceptors (Lipinski definition) is 3. The van der Waals surface area contributed by atoms with Gasteiger partial charge in [-0.05, 0) is 31.7 Å². The van der Waals surface area contributed by atoms with Crippen molar-refractivity contribution in [3.63, 3.8) is 0 Å². The summed E-state index contributed by atoms with van der Waals surface area (Å²) in [6.45, 7) is 6.16. The highest BCUT2D eigenvalue weighted by Crippen LogP contribution is 2.50. The van der Waals surface area contributed by atoms with Crippen LogP contribution in [0.1, 0.15) is 26.3 Å². The maximum Gasteiger partial charge on any atom is 0.312 e. The van der Waals surface area contributed by atoms with Gasteiger partial charge in [-0.3, -0.25) is 9.59 Å². The van der Waals surface area contributed by atoms with Crippen LogP contribution in [0.5, 0.6) is 0 Å². The van der Waals surface area contributed by atoms with Crippen molar-refractivity contribution in [2.45, 2.75) is 33.2 Å². The maximum absolute atomic E-state index is 12.8. The summed E-state index contributed by atoms with van der Waals surface area (Å²) in [6, 6.07) is 10.0. The van der Waals surface area contributed by atoms with Crippen LogP contribution in [0.25, 0.3) is 0 Å². The maximum atomic E-state index is 12.8. The van der Waals surface area contributed by atoms with Crippen molar-refractivity contribution in [3.8, 4) is 0 Å². The molecule has 0 spiro atoms. The zero-order valence-corrected chi connectivity index (χ0v) is 14.5. The molecule has 1 aliphatic heterocycles. The Morgan fingerprint density at radius 2 is 1.96 bits per heavy atom. The van der Waals surface area contributed by atoms with Gasteiger partial charge in [0.05, 0.1) is 17.9 Å². The molecule has 1 aromatic rings. The zero-order valence-electron chi connectivity index (χ0n) is 14.5. The van der Waals surface area contributed by atoms with Gasteiger partial charge in [0.25, 0.3) is 0 Å². The average Bonchev–Trinajstić information content (AvgIpc) is 2.88. The van der Waals surface area contributed by atoms with Gasteiger partial charge in [0, 0.05) is 12.0 Å². The van der Waals surface area contributed by atoms with Crippen LogP contribution in [0, 0.1) is 23.2 Å². The minimum Gasteiger partial charge on any atom is -0.466 e. The summed E-state index contributed by atoms with van der Waals surface area (Å²) in [6.07, 6.45) is 4.68. The number of hydrogen-bond donors (Lipinski definition) is 1. The predicted octanol–water partition coefficient (Wildman–Crippen LogP) is 2.74. The van der Waals surface area contributed by atoms with Crippen molar-refractivity contribution in [3.05, 3.63) is 48.0 Å². The number of amides is 1. The molecule has 128 valence electrons. The number of nitrogens with one attached hydrogen (secondary N) is 1. The van der Waals surface area contributed by atoms with Gasteiger partial charge >= 0.3 is 5.97 Å². The highest BCUT2D eigenvalue weighted by molar-refractivity contribution is 5.87. The SMILES string of the molecule is CCOC(=O)[C@]1(C)[C@H]2[C@H](Cc3ccccc3)NC(=O)[C@@H]2C=C[C@@H]1C. The van der Waals surface area contributed by atoms with Crippen molar-refractivity contribution < 1.29 is 14.3 Å². The highest BCUT2D eigenvalue weighted by Gasteiger charge is 2.58. The summed E-state index contributed by atoms with van der Waals surface area (Å²) >= 11 is 0. The van der Waals surface area contributed by atoms with Crippen molar-refractivity contribution >= 4 is 11.9 Å². The molecule has 1 saturated heterocycles. The van der Waals surface area contributed by atoms with Gasteiger partial charge in [-0.2, -0.15) is 0 Å². The smallest absolute Gasteiger partial charge is 0.312 e. The van der Waals surface area contributed by atoms with E-state index in [2.05, 4.69) is 17.4 Å². The lowest BCUT2D eigenvalue weighted by atomic mass is 9.59. The first kappa shape index (κ1) is 16.7. The molecule has 24 heavy (non-hydrogen) atoms. The summed E-state index contributed by atoms with van der Waals surface area (Å²) in [7, 11) is 0. The molecule has 0 radical (unpaired) electrons. The van der Waals surface area contributed by atoms with E-state index in [9.17, 15) is 9.59 Å². The van der Waals surface area contributed by atoms with E-state index in [1.807, 2.05) is 51.1 Å². The quantitative estimate of drug-likeness (QED) is 0.683. The Morgan fingerprint density at radius 1 is 1.25 bits per heavy atom. The first-order valence-corrected chi connectivity index (χ1v) is 8.68. The second kappa shape index (κ2) is 6.42. The number of allylic oxidation sites excluding steroid dienone is 1. The fourth-order valence-corrected chi connectivity index (χ4v) is 4.22. The molecule has 0 aromatic heterocycles. The molecule has 1 aromatic carbocycles. The minimum absolute atomic E-state index is 0.0135. The van der Waals surface area contributed by atoms with Crippen LogP contribution < -0.4 is 5.32 Å². The first-order chi connectivity index (χ1) is 11.5. The van der Waals surface area contributed by atoms with Crippen LogP contribution in [0.15, 0.2) is 42.5 Å². The summed E-state index contributed by atoms with van der Waals surface area (Å²) in [5.41, 5.74) is 0.463. The molecule has 0 saturated carbocycles. The number of fused-ring (bicyclic) bond motifs is 1. The number of esters is 1. The van der Waals surface area contributed by atoms with Crippen LogP contribution in [0.2, 0.25) is 0 Å². The van der Waals surface area contributed by atoms with E-state index in [4.69, 9.17) is 4.74 Å². The highest BCUT2D eigenvalue weighted by atomic mass is 16.5. The van der Waals surface area contributed by atoms with Gasteiger partial charge in [-0.15, -0.1) is 0 Å². The van der Waals surface area contributed by atoms with Gasteiger partial charge < -0.3 is 10.1 Å². The fourth-order valence-electron chi connectivity index (χ4n) is 4.22. The average molecular weight is 327 g/mol. The predicted molar refractivity (Wildman–Crippen MR) is 92.1 cm³/mol. The number of carbonyl (C=O) groups is 2. The van der Waals surface area contributed by atoms with E-state index in [-0.39, 0.29) is 35.7 Å². The third kappa shape index (κ3) is 2.64. The Hall–Kier alpha value is -2.10. The lowest BCUT2D eigenvalue weighted by molar-refractivity contribution is -0.162. The van der Waals surface area contributed by atoms with E-state index < -0.39 is 5.41 Å². The normalized spacial score (nSPS) is 34.5. The van der Waals surface area contributed by atoms with Crippen LogP contribution >= 0.6 is 0 Å². The Bertz CT molecular complexity index is 654. The van der Waals surface area contributed by atoms with E-state index in [0.29, 0.717) is 6.61 Å². The summed E-state index contributed by atoms with van der Waals surface area (Å²) in [4.78, 5) is 25.3. The van der Waals surface area contributed by atoms with E-state index in [1.165, 1.54) is 0 Å². The van der Waals surface area contributed by atoms with Crippen molar-refractivity contribution in [1.29, 1.82) is 0 Å². The van der Waals surface area contributed by atoms with Gasteiger partial charge in [0.1, 0.15) is 0 Å². The zero-order chi connectivity index (χ0) is 17.3. The number of rotatable bonds is 4. The topological polar surface area (TPSA) is 55.4 Å². The Balaban J connectivity index is 1.96. The van der Waals surface area contributed by atoms with Crippen LogP contribution in [0.3, 0.4) is 0 Å². The fraction of sp³-hybridized carbons (Fsp3) is 0.500. The second-order valence-electron chi connectivity index (χ2n) is 7.03. The Kier molecular flexibility index (Phi) is 4.48. The molecule has 1 heterocycles. The molecule has 1 fully saturated rings. The molecule has 3 rings (SSSR count). The minimum atomic E-state index is -0.700. The summed E-state index contributed by atoms with van der Waals surface area (Å²) in [5.74, 6) is -0.511. The van der Waals surface area contributed by atoms with Gasteiger partial charge in [0.15, 0.2) is 0 Å². The van der Waals surface area contributed by atoms with Gasteiger partial charge in [0.2, 0.25) is 5.91 Å². The summed E-state index contributed by atoms with van der Waals surface area (Å²) < 4.78 is 5.38. The lowest BCUT2D eigenvalue weighted by Gasteiger charge is -2.43. The Labute approximate surface area is 143 Å². The van der Waals surface area contributed by atoms with Crippen LogP contribution in [0.4, 0.5) is 0 Å². The van der Waals surface area contributed by atoms with Crippen LogP contribution in [-0.2, 0) is 20.7 Å². The molecular weight excluding hydrogens is 302 g/mol. The standard InChI is InChI=1S/C20H25NO3/c1-4-24-19(23)20(3)13(2)10-11-15-17(20)16(21-18(15)22)12-14-8-6-5-7-9-14/h5-11,13,15-17H,4,12H2,1-3H3,(H,21,22)/t13-,15+,16-,17+,20-/m0/s1. The molecule has 4 heteroatoms. The molecule has 0 unspecified atom stereocenters. The van der Waals surface area contributed by atoms with Crippen molar-refractivity contribution in [1.82, 2.24) is 5.32 Å². The van der Waals surface area contributed by atoms with Crippen molar-refractivity contribution in [2.75, 3.05) is 6.61 Å². The molecule has 1 aliphatic carbocycles. The molecule has 4 nitrogen and oxygen atoms in total. The third-order valence-electron chi connectivity index (χ3n) is 5.71. The second-order valence-corrected chi connectivity index (χ2v) is 7.03. The van der Waals surface area contributed by atoms with Gasteiger partial charge in [-0.25, -0.2) is 0 Å². The van der Waals surface area contributed by atoms with Gasteiger partial charge in [-0.1, -0.05) is 49.4 Å². The van der Waals surface area contributed by atoms with E-state index in [0.717, 1.165) is 12.0 Å². The van der Waals surface area contributed by atoms with E-state index >= 15 is 0 Å². The van der Waals surface area contributed by atoms with E-state index in [1.54, 1.807) is 0 Å². The largest absolute Gasteiger partial charge is 0.466 e. The number of carbonyl (C=O) groups excluding carboxylic acids is 2. The number of ether oxygens (including phenoxy) is 1. The molecule has 2 aliphatic rings. The third-order valence-corrected chi connectivity index (χ3v) is 5.71. The monoisotopic (exact) mass is 327 g/mol. The van der Waals surface area contributed by atoms with Crippen LogP contribution in [-0.4, -0.2) is 24.5 Å². The number of benzene rings is 1. The summed E-state index contributed by atoms with van der Waals surface area (Å²) in [5, 5.41) is 3.12. The van der Waals surface area contributed by atoms with Crippen molar-refractivity contribution in [2.24, 2.45) is 23.2 Å². The first-order valence-electron chi connectivity index (χ1n) is 8.68. The molecular formula is C20H25NO3.